The predicted molar refractivity (Wildman–Crippen MR) is 69.0 cm³/mol. The van der Waals surface area contributed by atoms with E-state index in [2.05, 4.69) is 58.2 Å². The van der Waals surface area contributed by atoms with Crippen molar-refractivity contribution in [1.29, 1.82) is 0 Å². The van der Waals surface area contributed by atoms with Crippen molar-refractivity contribution in [2.75, 3.05) is 13.1 Å². The zero-order valence-corrected chi connectivity index (χ0v) is 10.5. The van der Waals surface area contributed by atoms with Crippen molar-refractivity contribution in [1.82, 2.24) is 5.32 Å². The molecular weight excluding hydrogens is 285 g/mol. The van der Waals surface area contributed by atoms with E-state index in [1.165, 1.54) is 37.9 Å². The van der Waals surface area contributed by atoms with Gasteiger partial charge in [0.25, 0.3) is 0 Å². The second-order valence-electron chi connectivity index (χ2n) is 4.06. The Morgan fingerprint density at radius 1 is 1.14 bits per heavy atom. The normalized spacial score (nSPS) is 20.6. The maximum absolute atomic E-state index is 3.42. The zero-order chi connectivity index (χ0) is 9.86. The van der Waals surface area contributed by atoms with Crippen LogP contribution >= 0.6 is 22.6 Å². The molecule has 1 N–H and O–H groups in total. The largest absolute Gasteiger partial charge is 0.317 e. The van der Waals surface area contributed by atoms with Gasteiger partial charge in [-0.15, -0.1) is 0 Å². The molecule has 1 aromatic carbocycles. The summed E-state index contributed by atoms with van der Waals surface area (Å²) in [5.74, 6) is 0. The summed E-state index contributed by atoms with van der Waals surface area (Å²) in [5.41, 5.74) is 1.48. The Morgan fingerprint density at radius 3 is 2.43 bits per heavy atom. The van der Waals surface area contributed by atoms with Crippen LogP contribution in [0.4, 0.5) is 0 Å². The minimum atomic E-state index is 0.490. The molecule has 0 bridgehead atoms. The van der Waals surface area contributed by atoms with Gasteiger partial charge in [-0.2, -0.15) is 0 Å². The summed E-state index contributed by atoms with van der Waals surface area (Å²) in [6.45, 7) is 2.35. The molecule has 0 aliphatic carbocycles. The minimum absolute atomic E-state index is 0.490. The van der Waals surface area contributed by atoms with Gasteiger partial charge in [-0.05, 0) is 37.9 Å². The fourth-order valence-electron chi connectivity index (χ4n) is 2.01. The molecule has 1 nitrogen and oxygen atoms in total. The molecule has 0 spiro atoms. The van der Waals surface area contributed by atoms with E-state index in [9.17, 15) is 0 Å². The molecule has 2 heteroatoms. The van der Waals surface area contributed by atoms with E-state index >= 15 is 0 Å². The van der Waals surface area contributed by atoms with E-state index in [1.807, 2.05) is 0 Å². The summed E-state index contributed by atoms with van der Waals surface area (Å²) >= 11 is 2.65. The van der Waals surface area contributed by atoms with Gasteiger partial charge >= 0.3 is 0 Å². The van der Waals surface area contributed by atoms with Crippen LogP contribution in [0.3, 0.4) is 0 Å². The van der Waals surface area contributed by atoms with E-state index in [4.69, 9.17) is 0 Å². The molecule has 0 unspecified atom stereocenters. The number of halogens is 1. The van der Waals surface area contributed by atoms with Crippen LogP contribution in [0.25, 0.3) is 0 Å². The summed E-state index contributed by atoms with van der Waals surface area (Å²) in [6.07, 6.45) is 3.81. The van der Waals surface area contributed by atoms with Crippen LogP contribution in [0, 0.1) is 0 Å². The first-order valence-electron chi connectivity index (χ1n) is 5.22. The van der Waals surface area contributed by atoms with Crippen LogP contribution in [0.15, 0.2) is 30.3 Å². The van der Waals surface area contributed by atoms with Gasteiger partial charge in [0.1, 0.15) is 0 Å². The van der Waals surface area contributed by atoms with Crippen molar-refractivity contribution in [3.8, 4) is 0 Å². The lowest BCUT2D eigenvalue weighted by molar-refractivity contribution is 0.429. The molecule has 0 radical (unpaired) electrons. The standard InChI is InChI=1S/C12H16IN/c13-12(6-8-14-9-7-12)10-11-4-2-1-3-5-11/h1-5,14H,6-10H2. The van der Waals surface area contributed by atoms with Gasteiger partial charge < -0.3 is 5.32 Å². The van der Waals surface area contributed by atoms with Gasteiger partial charge in [0.05, 0.1) is 0 Å². The molecule has 2 rings (SSSR count). The van der Waals surface area contributed by atoms with Gasteiger partial charge in [0, 0.05) is 3.42 Å². The number of rotatable bonds is 2. The highest BCUT2D eigenvalue weighted by Crippen LogP contribution is 2.32. The van der Waals surface area contributed by atoms with Crippen LogP contribution in [-0.2, 0) is 6.42 Å². The average Bonchev–Trinajstić information content (AvgIpc) is 2.19. The topological polar surface area (TPSA) is 12.0 Å². The Labute approximate surface area is 99.4 Å². The quantitative estimate of drug-likeness (QED) is 0.654. The molecule has 1 aliphatic heterocycles. The number of piperidine rings is 1. The van der Waals surface area contributed by atoms with E-state index in [1.54, 1.807) is 0 Å². The smallest absolute Gasteiger partial charge is 0.0286 e. The number of nitrogens with one attached hydrogen (secondary N) is 1. The van der Waals surface area contributed by atoms with Crippen LogP contribution in [-0.4, -0.2) is 16.5 Å². The SMILES string of the molecule is IC1(Cc2ccccc2)CCNCC1. The number of benzene rings is 1. The van der Waals surface area contributed by atoms with Gasteiger partial charge in [0.2, 0.25) is 0 Å². The summed E-state index contributed by atoms with van der Waals surface area (Å²) in [6, 6.07) is 10.8. The first kappa shape index (κ1) is 10.4. The van der Waals surface area contributed by atoms with Crippen molar-refractivity contribution in [3.05, 3.63) is 35.9 Å². The van der Waals surface area contributed by atoms with E-state index < -0.39 is 0 Å². The minimum Gasteiger partial charge on any atom is -0.317 e. The van der Waals surface area contributed by atoms with Gasteiger partial charge in [-0.1, -0.05) is 52.9 Å². The zero-order valence-electron chi connectivity index (χ0n) is 8.30. The molecule has 1 aliphatic rings. The highest BCUT2D eigenvalue weighted by molar-refractivity contribution is 14.1. The van der Waals surface area contributed by atoms with Crippen molar-refractivity contribution >= 4 is 22.6 Å². The van der Waals surface area contributed by atoms with Crippen LogP contribution < -0.4 is 5.32 Å². The van der Waals surface area contributed by atoms with Gasteiger partial charge in [-0.25, -0.2) is 0 Å². The van der Waals surface area contributed by atoms with Crippen molar-refractivity contribution in [3.63, 3.8) is 0 Å². The fourth-order valence-corrected chi connectivity index (χ4v) is 2.99. The molecule has 1 fully saturated rings. The molecule has 0 amide bonds. The number of hydrogen-bond donors (Lipinski definition) is 1. The molecule has 0 aromatic heterocycles. The predicted octanol–water partition coefficient (Wildman–Crippen LogP) is 2.79. The lowest BCUT2D eigenvalue weighted by Gasteiger charge is -2.32. The van der Waals surface area contributed by atoms with Crippen LogP contribution in [0.2, 0.25) is 0 Å². The van der Waals surface area contributed by atoms with Crippen molar-refractivity contribution in [2.24, 2.45) is 0 Å². The maximum Gasteiger partial charge on any atom is 0.0286 e. The molecule has 1 aromatic rings. The molecule has 1 heterocycles. The third-order valence-electron chi connectivity index (χ3n) is 2.86. The fraction of sp³-hybridized carbons (Fsp3) is 0.500. The lowest BCUT2D eigenvalue weighted by Crippen LogP contribution is -2.38. The first-order chi connectivity index (χ1) is 6.79. The Bertz CT molecular complexity index is 278. The summed E-state index contributed by atoms with van der Waals surface area (Å²) in [7, 11) is 0. The molecular formula is C12H16IN. The molecule has 0 saturated carbocycles. The molecule has 1 saturated heterocycles. The van der Waals surface area contributed by atoms with Crippen molar-refractivity contribution < 1.29 is 0 Å². The molecule has 14 heavy (non-hydrogen) atoms. The molecule has 76 valence electrons. The average molecular weight is 301 g/mol. The summed E-state index contributed by atoms with van der Waals surface area (Å²) < 4.78 is 0.490. The van der Waals surface area contributed by atoms with Crippen LogP contribution in [0.5, 0.6) is 0 Å². The highest BCUT2D eigenvalue weighted by atomic mass is 127. The number of hydrogen-bond acceptors (Lipinski definition) is 1. The van der Waals surface area contributed by atoms with Gasteiger partial charge in [0.15, 0.2) is 0 Å². The van der Waals surface area contributed by atoms with Gasteiger partial charge in [-0.3, -0.25) is 0 Å². The van der Waals surface area contributed by atoms with Crippen LogP contribution in [0.1, 0.15) is 18.4 Å². The van der Waals surface area contributed by atoms with E-state index in [0.717, 1.165) is 0 Å². The third-order valence-corrected chi connectivity index (χ3v) is 4.32. The Kier molecular flexibility index (Phi) is 3.44. The maximum atomic E-state index is 3.42. The second kappa shape index (κ2) is 4.62. The lowest BCUT2D eigenvalue weighted by atomic mass is 9.91. The Hall–Kier alpha value is -0.0900. The Morgan fingerprint density at radius 2 is 1.79 bits per heavy atom. The van der Waals surface area contributed by atoms with E-state index in [-0.39, 0.29) is 0 Å². The first-order valence-corrected chi connectivity index (χ1v) is 6.30. The Balaban J connectivity index is 2.02. The third kappa shape index (κ3) is 2.70. The summed E-state index contributed by atoms with van der Waals surface area (Å²) in [5, 5.41) is 3.42. The summed E-state index contributed by atoms with van der Waals surface area (Å²) in [4.78, 5) is 0. The van der Waals surface area contributed by atoms with E-state index in [0.29, 0.717) is 3.42 Å². The highest BCUT2D eigenvalue weighted by Gasteiger charge is 2.28. The number of alkyl halides is 1. The second-order valence-corrected chi connectivity index (χ2v) is 6.35. The molecule has 0 atom stereocenters. The van der Waals surface area contributed by atoms with Crippen molar-refractivity contribution in [2.45, 2.75) is 22.7 Å². The monoisotopic (exact) mass is 301 g/mol.